The molecule has 2 N–H and O–H groups in total. The first kappa shape index (κ1) is 30.8. The quantitative estimate of drug-likeness (QED) is 0.360. The van der Waals surface area contributed by atoms with E-state index in [1.165, 1.54) is 25.6 Å². The van der Waals surface area contributed by atoms with Crippen LogP contribution in [0.5, 0.6) is 5.75 Å². The minimum Gasteiger partial charge on any atom is -0.495 e. The molecular weight excluding hydrogens is 566 g/mol. The lowest BCUT2D eigenvalue weighted by Crippen LogP contribution is -2.50. The number of anilines is 1. The molecule has 0 saturated carbocycles. The van der Waals surface area contributed by atoms with Gasteiger partial charge in [-0.25, -0.2) is 22.2 Å². The van der Waals surface area contributed by atoms with Gasteiger partial charge in [-0.05, 0) is 36.6 Å². The molecule has 3 aromatic rings. The van der Waals surface area contributed by atoms with Gasteiger partial charge >= 0.3 is 0 Å². The number of carbonyl (C=O) groups is 1. The highest BCUT2D eigenvalue weighted by Crippen LogP contribution is 2.27. The third kappa shape index (κ3) is 7.35. The maximum absolute atomic E-state index is 13.5. The molecule has 2 aromatic carbocycles. The Balaban J connectivity index is 1.54. The van der Waals surface area contributed by atoms with Crippen LogP contribution in [-0.4, -0.2) is 80.8 Å². The molecule has 2 heterocycles. The van der Waals surface area contributed by atoms with Crippen molar-refractivity contribution in [2.24, 2.45) is 5.92 Å². The molecule has 10 nitrogen and oxygen atoms in total. The topological polar surface area (TPSA) is 129 Å². The fourth-order valence-electron chi connectivity index (χ4n) is 5.00. The first-order valence-corrected chi connectivity index (χ1v) is 15.2. The molecule has 2 atom stereocenters. The van der Waals surface area contributed by atoms with E-state index in [0.29, 0.717) is 53.1 Å². The van der Waals surface area contributed by atoms with E-state index in [0.717, 1.165) is 6.26 Å². The van der Waals surface area contributed by atoms with Crippen LogP contribution < -0.4 is 15.4 Å². The number of halogens is 2. The fourth-order valence-corrected chi connectivity index (χ4v) is 5.63. The highest BCUT2D eigenvalue weighted by molar-refractivity contribution is 7.90. The molecular formula is C29H32F2N6O4S. The standard InChI is InChI=1S/C29H32F2N6O4S/c1-19-16-36(17-27(30)31)11-8-23(19)35-29(38)22-13-20(14-25-28(22)34-18-37(25)12-9-32)5-4-10-33-24-7-6-21(42(3,39)40)15-26(24)41-2/h6-7,13-15,18-19,23,27,33H,8,10-12,16-17H2,1-3H3,(H,35,38)/t19-,23?/m0/s1. The van der Waals surface area contributed by atoms with E-state index in [2.05, 4.69) is 33.5 Å². The molecule has 222 valence electrons. The van der Waals surface area contributed by atoms with E-state index < -0.39 is 16.3 Å². The summed E-state index contributed by atoms with van der Waals surface area (Å²) in [7, 11) is -1.95. The van der Waals surface area contributed by atoms with Crippen molar-refractivity contribution in [3.63, 3.8) is 0 Å². The Morgan fingerprint density at radius 2 is 2.07 bits per heavy atom. The number of amides is 1. The van der Waals surface area contributed by atoms with Gasteiger partial charge in [-0.3, -0.25) is 9.69 Å². The van der Waals surface area contributed by atoms with Crippen LogP contribution in [0.4, 0.5) is 14.5 Å². The van der Waals surface area contributed by atoms with Gasteiger partial charge in [-0.1, -0.05) is 18.8 Å². The van der Waals surface area contributed by atoms with Gasteiger partial charge in [0.2, 0.25) is 0 Å². The summed E-state index contributed by atoms with van der Waals surface area (Å²) >= 11 is 0. The van der Waals surface area contributed by atoms with Crippen molar-refractivity contribution in [2.45, 2.75) is 37.3 Å². The zero-order valence-electron chi connectivity index (χ0n) is 23.5. The number of aromatic nitrogens is 2. The van der Waals surface area contributed by atoms with Crippen LogP contribution in [0.15, 0.2) is 41.6 Å². The summed E-state index contributed by atoms with van der Waals surface area (Å²) in [6.07, 6.45) is 0.767. The van der Waals surface area contributed by atoms with E-state index in [-0.39, 0.29) is 42.4 Å². The number of sulfone groups is 1. The maximum atomic E-state index is 13.5. The summed E-state index contributed by atoms with van der Waals surface area (Å²) in [4.78, 5) is 19.7. The lowest BCUT2D eigenvalue weighted by molar-refractivity contribution is 0.0551. The normalized spacial score (nSPS) is 17.4. The summed E-state index contributed by atoms with van der Waals surface area (Å²) in [5, 5.41) is 15.4. The van der Waals surface area contributed by atoms with Gasteiger partial charge < -0.3 is 19.9 Å². The Morgan fingerprint density at radius 1 is 1.29 bits per heavy atom. The van der Waals surface area contributed by atoms with Gasteiger partial charge in [0.15, 0.2) is 9.84 Å². The van der Waals surface area contributed by atoms with Crippen LogP contribution in [0.1, 0.15) is 29.3 Å². The Hall–Kier alpha value is -4.20. The zero-order chi connectivity index (χ0) is 30.4. The Bertz CT molecular complexity index is 1670. The van der Waals surface area contributed by atoms with Crippen molar-refractivity contribution in [1.29, 1.82) is 5.26 Å². The molecule has 1 aliphatic rings. The molecule has 1 fully saturated rings. The number of hydrogen-bond acceptors (Lipinski definition) is 8. The first-order valence-electron chi connectivity index (χ1n) is 13.3. The number of carbonyl (C=O) groups excluding carboxylic acids is 1. The molecule has 13 heteroatoms. The molecule has 0 radical (unpaired) electrons. The number of nitriles is 1. The van der Waals surface area contributed by atoms with Gasteiger partial charge in [0.1, 0.15) is 17.8 Å². The summed E-state index contributed by atoms with van der Waals surface area (Å²) in [5.41, 5.74) is 2.43. The second kappa shape index (κ2) is 13.2. The van der Waals surface area contributed by atoms with Crippen LogP contribution >= 0.6 is 0 Å². The number of piperidine rings is 1. The molecule has 0 aliphatic carbocycles. The lowest BCUT2D eigenvalue weighted by Gasteiger charge is -2.37. The summed E-state index contributed by atoms with van der Waals surface area (Å²) < 4.78 is 56.3. The number of benzene rings is 2. The average molecular weight is 599 g/mol. The van der Waals surface area contributed by atoms with E-state index in [4.69, 9.17) is 4.74 Å². The summed E-state index contributed by atoms with van der Waals surface area (Å²) in [5.74, 6) is 6.03. The van der Waals surface area contributed by atoms with Gasteiger partial charge in [0.25, 0.3) is 12.3 Å². The first-order chi connectivity index (χ1) is 20.0. The number of nitrogens with one attached hydrogen (secondary N) is 2. The predicted octanol–water partition coefficient (Wildman–Crippen LogP) is 3.14. The number of hydrogen-bond donors (Lipinski definition) is 2. The van der Waals surface area contributed by atoms with E-state index in [1.807, 2.05) is 6.92 Å². The zero-order valence-corrected chi connectivity index (χ0v) is 24.3. The fraction of sp³-hybridized carbons (Fsp3) is 0.414. The Morgan fingerprint density at radius 3 is 2.74 bits per heavy atom. The summed E-state index contributed by atoms with van der Waals surface area (Å²) in [6.45, 7) is 2.81. The van der Waals surface area contributed by atoms with Crippen molar-refractivity contribution in [3.05, 3.63) is 47.8 Å². The van der Waals surface area contributed by atoms with E-state index in [9.17, 15) is 27.3 Å². The number of imidazole rings is 1. The van der Waals surface area contributed by atoms with Crippen LogP contribution in [0.3, 0.4) is 0 Å². The molecule has 0 spiro atoms. The number of likely N-dealkylation sites (tertiary alicyclic amines) is 1. The van der Waals surface area contributed by atoms with Crippen LogP contribution in [0, 0.1) is 29.1 Å². The van der Waals surface area contributed by atoms with Crippen molar-refractivity contribution in [3.8, 4) is 23.7 Å². The molecule has 0 bridgehead atoms. The molecule has 1 saturated heterocycles. The van der Waals surface area contributed by atoms with Crippen LogP contribution in [0.25, 0.3) is 11.0 Å². The van der Waals surface area contributed by atoms with Crippen LogP contribution in [0.2, 0.25) is 0 Å². The van der Waals surface area contributed by atoms with E-state index in [1.54, 1.807) is 27.7 Å². The monoisotopic (exact) mass is 598 g/mol. The number of rotatable bonds is 9. The third-order valence-corrected chi connectivity index (χ3v) is 8.22. The smallest absolute Gasteiger partial charge is 0.253 e. The molecule has 1 amide bonds. The lowest BCUT2D eigenvalue weighted by atomic mass is 9.93. The average Bonchev–Trinajstić information content (AvgIpc) is 3.34. The SMILES string of the molecule is COc1cc(S(C)(=O)=O)ccc1NCC#Cc1cc(C(=O)NC2CCN(CC(F)F)C[C@@H]2C)c2ncn(CC#N)c2c1. The highest BCUT2D eigenvalue weighted by atomic mass is 32.2. The highest BCUT2D eigenvalue weighted by Gasteiger charge is 2.29. The van der Waals surface area contributed by atoms with E-state index >= 15 is 0 Å². The van der Waals surface area contributed by atoms with Crippen LogP contribution in [-0.2, 0) is 16.4 Å². The van der Waals surface area contributed by atoms with Gasteiger partial charge in [0.05, 0.1) is 54.3 Å². The van der Waals surface area contributed by atoms with Gasteiger partial charge in [0, 0.05) is 37.0 Å². The number of alkyl halides is 2. The van der Waals surface area contributed by atoms with Crippen molar-refractivity contribution in [1.82, 2.24) is 19.8 Å². The summed E-state index contributed by atoms with van der Waals surface area (Å²) in [6, 6.07) is 9.81. The van der Waals surface area contributed by atoms with Gasteiger partial charge in [-0.2, -0.15) is 5.26 Å². The van der Waals surface area contributed by atoms with Crippen molar-refractivity contribution >= 4 is 32.5 Å². The predicted molar refractivity (Wildman–Crippen MR) is 154 cm³/mol. The largest absolute Gasteiger partial charge is 0.495 e. The molecule has 1 unspecified atom stereocenters. The number of nitrogens with zero attached hydrogens (tertiary/aromatic N) is 4. The third-order valence-electron chi connectivity index (χ3n) is 7.11. The van der Waals surface area contributed by atoms with Crippen molar-refractivity contribution < 1.29 is 26.7 Å². The molecule has 1 aliphatic heterocycles. The molecule has 1 aromatic heterocycles. The Labute approximate surface area is 243 Å². The second-order valence-corrected chi connectivity index (χ2v) is 12.2. The Kier molecular flexibility index (Phi) is 9.66. The number of methoxy groups -OCH3 is 1. The molecule has 42 heavy (non-hydrogen) atoms. The van der Waals surface area contributed by atoms with Crippen molar-refractivity contribution in [2.75, 3.05) is 44.9 Å². The number of ether oxygens (including phenoxy) is 1. The molecule has 4 rings (SSSR count). The number of fused-ring (bicyclic) bond motifs is 1. The minimum atomic E-state index is -3.39. The maximum Gasteiger partial charge on any atom is 0.253 e. The minimum absolute atomic E-state index is 0.0226. The van der Waals surface area contributed by atoms with Gasteiger partial charge in [-0.15, -0.1) is 0 Å². The second-order valence-electron chi connectivity index (χ2n) is 10.2.